The molecule has 2 amide bonds. The van der Waals surface area contributed by atoms with E-state index in [0.717, 1.165) is 0 Å². The van der Waals surface area contributed by atoms with Crippen LogP contribution < -0.4 is 20.1 Å². The van der Waals surface area contributed by atoms with Gasteiger partial charge < -0.3 is 20.1 Å². The number of rotatable bonds is 8. The van der Waals surface area contributed by atoms with Crippen LogP contribution in [0.5, 0.6) is 11.5 Å². The van der Waals surface area contributed by atoms with Crippen LogP contribution in [0, 0.1) is 0 Å². The van der Waals surface area contributed by atoms with Crippen LogP contribution in [-0.4, -0.2) is 25.0 Å². The Morgan fingerprint density at radius 2 is 1.06 bits per heavy atom. The summed E-state index contributed by atoms with van der Waals surface area (Å²) in [6, 6.07) is 16.7. The van der Waals surface area contributed by atoms with Gasteiger partial charge in [-0.2, -0.15) is 0 Å². The maximum absolute atomic E-state index is 12.1. The maximum atomic E-state index is 12.1. The molecule has 6 nitrogen and oxygen atoms in total. The van der Waals surface area contributed by atoms with Gasteiger partial charge in [0.05, 0.1) is 8.95 Å². The Labute approximate surface area is 211 Å². The fourth-order valence-corrected chi connectivity index (χ4v) is 4.10. The molecule has 0 unspecified atom stereocenters. The SMILES string of the molecule is O=C(COc1ccc(Cl)cc1Br)Nc1ccc(NC(=O)COc2ccc(Cl)cc2Br)cc1. The van der Waals surface area contributed by atoms with Gasteiger partial charge >= 0.3 is 0 Å². The number of hydrogen-bond donors (Lipinski definition) is 2. The molecule has 3 aromatic rings. The molecule has 0 bridgehead atoms. The van der Waals surface area contributed by atoms with Crippen molar-refractivity contribution in [1.29, 1.82) is 0 Å². The van der Waals surface area contributed by atoms with Gasteiger partial charge in [0.2, 0.25) is 0 Å². The van der Waals surface area contributed by atoms with Gasteiger partial charge in [-0.15, -0.1) is 0 Å². The average Bonchev–Trinajstić information content (AvgIpc) is 2.74. The van der Waals surface area contributed by atoms with Gasteiger partial charge in [-0.1, -0.05) is 23.2 Å². The van der Waals surface area contributed by atoms with Crippen molar-refractivity contribution in [2.75, 3.05) is 23.8 Å². The Morgan fingerprint density at radius 1 is 0.688 bits per heavy atom. The molecule has 0 heterocycles. The molecule has 3 rings (SSSR count). The third-order valence-corrected chi connectivity index (χ3v) is 5.67. The fraction of sp³-hybridized carbons (Fsp3) is 0.0909. The molecule has 0 aliphatic rings. The number of hydrogen-bond acceptors (Lipinski definition) is 4. The Morgan fingerprint density at radius 3 is 1.41 bits per heavy atom. The van der Waals surface area contributed by atoms with E-state index in [2.05, 4.69) is 42.5 Å². The van der Waals surface area contributed by atoms with Crippen molar-refractivity contribution in [1.82, 2.24) is 0 Å². The molecule has 10 heteroatoms. The molecule has 166 valence electrons. The summed E-state index contributed by atoms with van der Waals surface area (Å²) < 4.78 is 12.3. The molecule has 0 saturated carbocycles. The van der Waals surface area contributed by atoms with E-state index in [4.69, 9.17) is 32.7 Å². The van der Waals surface area contributed by atoms with E-state index < -0.39 is 0 Å². The van der Waals surface area contributed by atoms with Gasteiger partial charge in [0.1, 0.15) is 11.5 Å². The standard InChI is InChI=1S/C22H16Br2Cl2N2O4/c23-17-9-13(25)1-7-19(17)31-11-21(29)27-15-3-5-16(6-4-15)28-22(30)12-32-20-8-2-14(26)10-18(20)24/h1-10H,11-12H2,(H,27,29)(H,28,30). The van der Waals surface area contributed by atoms with E-state index in [1.54, 1.807) is 60.7 Å². The van der Waals surface area contributed by atoms with Gasteiger partial charge in [0.15, 0.2) is 13.2 Å². The van der Waals surface area contributed by atoms with Gasteiger partial charge in [-0.3, -0.25) is 9.59 Å². The third kappa shape index (κ3) is 7.41. The van der Waals surface area contributed by atoms with Crippen molar-refractivity contribution < 1.29 is 19.1 Å². The topological polar surface area (TPSA) is 76.7 Å². The van der Waals surface area contributed by atoms with Crippen LogP contribution in [0.2, 0.25) is 10.0 Å². The Kier molecular flexibility index (Phi) is 8.81. The summed E-state index contributed by atoms with van der Waals surface area (Å²) in [5, 5.41) is 6.57. The van der Waals surface area contributed by atoms with Gasteiger partial charge in [0, 0.05) is 21.4 Å². The number of benzene rings is 3. The zero-order valence-corrected chi connectivity index (χ0v) is 21.0. The van der Waals surface area contributed by atoms with Crippen LogP contribution in [0.15, 0.2) is 69.6 Å². The molecular formula is C22H16Br2Cl2N2O4. The molecule has 0 radical (unpaired) electrons. The summed E-state index contributed by atoms with van der Waals surface area (Å²) in [6.45, 7) is -0.341. The Hall–Kier alpha value is -2.26. The van der Waals surface area contributed by atoms with Crippen LogP contribution in [0.3, 0.4) is 0 Å². The lowest BCUT2D eigenvalue weighted by molar-refractivity contribution is -0.118. The van der Waals surface area contributed by atoms with Crippen LogP contribution in [0.4, 0.5) is 11.4 Å². The summed E-state index contributed by atoms with van der Waals surface area (Å²) in [6.07, 6.45) is 0. The van der Waals surface area contributed by atoms with Crippen molar-refractivity contribution in [2.45, 2.75) is 0 Å². The lowest BCUT2D eigenvalue weighted by Gasteiger charge is -2.11. The summed E-state index contributed by atoms with van der Waals surface area (Å²) in [5.74, 6) is 0.363. The van der Waals surface area contributed by atoms with Gasteiger partial charge in [-0.05, 0) is 92.5 Å². The molecule has 0 aliphatic heterocycles. The second-order valence-corrected chi connectivity index (χ2v) is 8.98. The van der Waals surface area contributed by atoms with Crippen molar-refractivity contribution in [3.63, 3.8) is 0 Å². The highest BCUT2D eigenvalue weighted by molar-refractivity contribution is 9.10. The molecule has 2 N–H and O–H groups in total. The summed E-state index contributed by atoms with van der Waals surface area (Å²) in [4.78, 5) is 24.2. The molecule has 0 fully saturated rings. The first-order chi connectivity index (χ1) is 15.3. The zero-order valence-electron chi connectivity index (χ0n) is 16.3. The highest BCUT2D eigenvalue weighted by Gasteiger charge is 2.09. The normalized spacial score (nSPS) is 10.4. The Bertz CT molecular complexity index is 1040. The van der Waals surface area contributed by atoms with Crippen LogP contribution in [0.1, 0.15) is 0 Å². The second kappa shape index (κ2) is 11.6. The van der Waals surface area contributed by atoms with E-state index in [1.807, 2.05) is 0 Å². The highest BCUT2D eigenvalue weighted by Crippen LogP contribution is 2.29. The molecular weight excluding hydrogens is 587 g/mol. The quantitative estimate of drug-likeness (QED) is 0.306. The minimum absolute atomic E-state index is 0.170. The van der Waals surface area contributed by atoms with Gasteiger partial charge in [-0.25, -0.2) is 0 Å². The molecule has 0 aromatic heterocycles. The fourth-order valence-electron chi connectivity index (χ4n) is 2.50. The Balaban J connectivity index is 1.45. The van der Waals surface area contributed by atoms with E-state index in [9.17, 15) is 9.59 Å². The van der Waals surface area contributed by atoms with Crippen molar-refractivity contribution in [2.24, 2.45) is 0 Å². The van der Waals surface area contributed by atoms with E-state index in [-0.39, 0.29) is 25.0 Å². The third-order valence-electron chi connectivity index (χ3n) is 3.96. The molecule has 32 heavy (non-hydrogen) atoms. The predicted molar refractivity (Wildman–Crippen MR) is 133 cm³/mol. The van der Waals surface area contributed by atoms with Crippen molar-refractivity contribution in [3.8, 4) is 11.5 Å². The van der Waals surface area contributed by atoms with Crippen LogP contribution in [-0.2, 0) is 9.59 Å². The summed E-state index contributed by atoms with van der Waals surface area (Å²) >= 11 is 18.4. The molecule has 0 aliphatic carbocycles. The predicted octanol–water partition coefficient (Wildman–Crippen LogP) is 6.55. The molecule has 0 spiro atoms. The monoisotopic (exact) mass is 600 g/mol. The minimum Gasteiger partial charge on any atom is -0.483 e. The largest absolute Gasteiger partial charge is 0.483 e. The van der Waals surface area contributed by atoms with E-state index in [1.165, 1.54) is 0 Å². The number of amides is 2. The molecule has 3 aromatic carbocycles. The average molecular weight is 603 g/mol. The smallest absolute Gasteiger partial charge is 0.262 e. The zero-order chi connectivity index (χ0) is 23.1. The van der Waals surface area contributed by atoms with Gasteiger partial charge in [0.25, 0.3) is 11.8 Å². The van der Waals surface area contributed by atoms with Crippen LogP contribution in [0.25, 0.3) is 0 Å². The number of carbonyl (C=O) groups is 2. The molecule has 0 saturated heterocycles. The number of ether oxygens (including phenoxy) is 2. The van der Waals surface area contributed by atoms with E-state index >= 15 is 0 Å². The second-order valence-electron chi connectivity index (χ2n) is 6.40. The van der Waals surface area contributed by atoms with Crippen molar-refractivity contribution in [3.05, 3.63) is 79.7 Å². The minimum atomic E-state index is -0.328. The lowest BCUT2D eigenvalue weighted by Crippen LogP contribution is -2.21. The lowest BCUT2D eigenvalue weighted by atomic mass is 10.2. The first kappa shape index (κ1) is 24.4. The number of halogens is 4. The van der Waals surface area contributed by atoms with Crippen LogP contribution >= 0.6 is 55.1 Å². The number of anilines is 2. The van der Waals surface area contributed by atoms with E-state index in [0.29, 0.717) is 41.9 Å². The van der Waals surface area contributed by atoms with Crippen molar-refractivity contribution >= 4 is 78.3 Å². The maximum Gasteiger partial charge on any atom is 0.262 e. The number of nitrogens with one attached hydrogen (secondary N) is 2. The first-order valence-corrected chi connectivity index (χ1v) is 11.5. The highest BCUT2D eigenvalue weighted by atomic mass is 79.9. The summed E-state index contributed by atoms with van der Waals surface area (Å²) in [7, 11) is 0. The molecule has 0 atom stereocenters. The first-order valence-electron chi connectivity index (χ1n) is 9.15. The number of carbonyl (C=O) groups excluding carboxylic acids is 2. The summed E-state index contributed by atoms with van der Waals surface area (Å²) in [5.41, 5.74) is 1.13.